The molecule has 26 heavy (non-hydrogen) atoms. The van der Waals surface area contributed by atoms with E-state index < -0.39 is 5.92 Å². The van der Waals surface area contributed by atoms with Crippen LogP contribution in [-0.4, -0.2) is 47.1 Å². The van der Waals surface area contributed by atoms with Gasteiger partial charge in [-0.05, 0) is 24.5 Å². The molecule has 8 heteroatoms. The lowest BCUT2D eigenvalue weighted by Gasteiger charge is -2.35. The van der Waals surface area contributed by atoms with Crippen LogP contribution in [0.25, 0.3) is 0 Å². The van der Waals surface area contributed by atoms with Crippen molar-refractivity contribution >= 4 is 17.5 Å². The van der Waals surface area contributed by atoms with E-state index in [1.165, 1.54) is 6.39 Å². The van der Waals surface area contributed by atoms with E-state index in [-0.39, 0.29) is 24.2 Å². The van der Waals surface area contributed by atoms with Gasteiger partial charge in [-0.2, -0.15) is 4.98 Å². The van der Waals surface area contributed by atoms with Crippen molar-refractivity contribution in [3.05, 3.63) is 36.0 Å². The number of rotatable bonds is 3. The minimum absolute atomic E-state index is 0.0130. The molecule has 1 aromatic carbocycles. The molecule has 0 spiro atoms. The number of aromatic nitrogens is 2. The van der Waals surface area contributed by atoms with Crippen molar-refractivity contribution in [1.29, 1.82) is 0 Å². The number of hydrogen-bond donors (Lipinski definition) is 1. The van der Waals surface area contributed by atoms with Gasteiger partial charge in [0.1, 0.15) is 5.75 Å². The Labute approximate surface area is 150 Å². The Kier molecular flexibility index (Phi) is 4.32. The standard InChI is InChI=1S/C18H20N4O4/c1-25-14-4-2-3-12-13(9-15(23)20-16(12)14)18(24)22-7-5-11(6-8-22)17-19-10-26-21-17/h2-4,10-11,13H,5-9H2,1H3,(H,20,23)/t13-/m1/s1. The van der Waals surface area contributed by atoms with Crippen molar-refractivity contribution in [2.75, 3.05) is 25.5 Å². The highest BCUT2D eigenvalue weighted by atomic mass is 16.5. The van der Waals surface area contributed by atoms with E-state index in [0.29, 0.717) is 30.4 Å². The summed E-state index contributed by atoms with van der Waals surface area (Å²) in [5.74, 6) is 0.826. The number of methoxy groups -OCH3 is 1. The van der Waals surface area contributed by atoms with Gasteiger partial charge in [0, 0.05) is 25.4 Å². The third kappa shape index (κ3) is 2.91. The van der Waals surface area contributed by atoms with Gasteiger partial charge in [-0.25, -0.2) is 0 Å². The van der Waals surface area contributed by atoms with Crippen molar-refractivity contribution < 1.29 is 18.8 Å². The molecular formula is C18H20N4O4. The maximum absolute atomic E-state index is 13.1. The predicted octanol–water partition coefficient (Wildman–Crippen LogP) is 1.91. The van der Waals surface area contributed by atoms with Crippen LogP contribution in [0.2, 0.25) is 0 Å². The van der Waals surface area contributed by atoms with Gasteiger partial charge in [0.2, 0.25) is 18.2 Å². The molecule has 0 aliphatic carbocycles. The average Bonchev–Trinajstić information content (AvgIpc) is 3.21. The first-order valence-electron chi connectivity index (χ1n) is 8.69. The maximum Gasteiger partial charge on any atom is 0.230 e. The second-order valence-corrected chi connectivity index (χ2v) is 6.62. The maximum atomic E-state index is 13.1. The summed E-state index contributed by atoms with van der Waals surface area (Å²) >= 11 is 0. The number of anilines is 1. The van der Waals surface area contributed by atoms with Gasteiger partial charge in [-0.15, -0.1) is 0 Å². The smallest absolute Gasteiger partial charge is 0.230 e. The van der Waals surface area contributed by atoms with Crippen LogP contribution in [0, 0.1) is 0 Å². The molecule has 2 aliphatic heterocycles. The zero-order valence-corrected chi connectivity index (χ0v) is 14.5. The number of carbonyl (C=O) groups is 2. The first-order chi connectivity index (χ1) is 12.7. The van der Waals surface area contributed by atoms with Crippen molar-refractivity contribution in [1.82, 2.24) is 15.0 Å². The Bertz CT molecular complexity index is 813. The quantitative estimate of drug-likeness (QED) is 0.902. The first-order valence-corrected chi connectivity index (χ1v) is 8.69. The highest BCUT2D eigenvalue weighted by Gasteiger charge is 2.36. The highest BCUT2D eigenvalue weighted by Crippen LogP contribution is 2.40. The number of piperidine rings is 1. The lowest BCUT2D eigenvalue weighted by Crippen LogP contribution is -2.42. The van der Waals surface area contributed by atoms with E-state index >= 15 is 0 Å². The van der Waals surface area contributed by atoms with E-state index in [0.717, 1.165) is 18.4 Å². The van der Waals surface area contributed by atoms with Crippen LogP contribution < -0.4 is 10.1 Å². The SMILES string of the molecule is COc1cccc2c1NC(=O)C[C@H]2C(=O)N1CCC(c2ncon2)CC1. The molecular weight excluding hydrogens is 336 g/mol. The summed E-state index contributed by atoms with van der Waals surface area (Å²) in [5.41, 5.74) is 1.42. The summed E-state index contributed by atoms with van der Waals surface area (Å²) in [5, 5.41) is 6.73. The molecule has 8 nitrogen and oxygen atoms in total. The van der Waals surface area contributed by atoms with Crippen LogP contribution >= 0.6 is 0 Å². The monoisotopic (exact) mass is 356 g/mol. The van der Waals surface area contributed by atoms with Crippen molar-refractivity contribution in [3.8, 4) is 5.75 Å². The molecule has 4 rings (SSSR count). The van der Waals surface area contributed by atoms with Gasteiger partial charge in [0.15, 0.2) is 5.82 Å². The van der Waals surface area contributed by atoms with Crippen LogP contribution in [0.3, 0.4) is 0 Å². The summed E-state index contributed by atoms with van der Waals surface area (Å²) in [4.78, 5) is 31.2. The largest absolute Gasteiger partial charge is 0.495 e. The van der Waals surface area contributed by atoms with Crippen molar-refractivity contribution in [3.63, 3.8) is 0 Å². The van der Waals surface area contributed by atoms with Crippen molar-refractivity contribution in [2.24, 2.45) is 0 Å². The number of carbonyl (C=O) groups excluding carboxylic acids is 2. The number of para-hydroxylation sites is 1. The Balaban J connectivity index is 1.52. The molecule has 0 unspecified atom stereocenters. The normalized spacial score (nSPS) is 20.4. The first kappa shape index (κ1) is 16.6. The molecule has 2 amide bonds. The fourth-order valence-corrected chi connectivity index (χ4v) is 3.79. The third-order valence-corrected chi connectivity index (χ3v) is 5.16. The van der Waals surface area contributed by atoms with Gasteiger partial charge in [-0.3, -0.25) is 9.59 Å². The predicted molar refractivity (Wildman–Crippen MR) is 91.8 cm³/mol. The van der Waals surface area contributed by atoms with E-state index in [4.69, 9.17) is 9.26 Å². The Morgan fingerprint density at radius 2 is 2.15 bits per heavy atom. The number of benzene rings is 1. The summed E-state index contributed by atoms with van der Waals surface area (Å²) in [7, 11) is 1.55. The summed E-state index contributed by atoms with van der Waals surface area (Å²) in [6.45, 7) is 1.24. The fourth-order valence-electron chi connectivity index (χ4n) is 3.79. The molecule has 2 aromatic rings. The summed E-state index contributed by atoms with van der Waals surface area (Å²) < 4.78 is 10.1. The van der Waals surface area contributed by atoms with E-state index in [1.807, 2.05) is 17.0 Å². The molecule has 0 radical (unpaired) electrons. The van der Waals surface area contributed by atoms with Crippen LogP contribution in [0.15, 0.2) is 29.1 Å². The molecule has 0 saturated carbocycles. The highest BCUT2D eigenvalue weighted by molar-refractivity contribution is 6.02. The second-order valence-electron chi connectivity index (χ2n) is 6.62. The van der Waals surface area contributed by atoms with Gasteiger partial charge in [-0.1, -0.05) is 17.3 Å². The molecule has 1 N–H and O–H groups in total. The molecule has 1 aromatic heterocycles. The van der Waals surface area contributed by atoms with Crippen molar-refractivity contribution in [2.45, 2.75) is 31.1 Å². The van der Waals surface area contributed by atoms with Crippen LogP contribution in [0.1, 0.15) is 42.5 Å². The van der Waals surface area contributed by atoms with Crippen LogP contribution in [0.5, 0.6) is 5.75 Å². The topological polar surface area (TPSA) is 97.6 Å². The molecule has 0 bridgehead atoms. The summed E-state index contributed by atoms with van der Waals surface area (Å²) in [6, 6.07) is 5.51. The second kappa shape index (κ2) is 6.78. The Morgan fingerprint density at radius 1 is 1.35 bits per heavy atom. The van der Waals surface area contributed by atoms with Crippen LogP contribution in [0.4, 0.5) is 5.69 Å². The number of nitrogens with zero attached hydrogens (tertiary/aromatic N) is 3. The molecule has 1 saturated heterocycles. The van der Waals surface area contributed by atoms with E-state index in [2.05, 4.69) is 15.5 Å². The number of amides is 2. The lowest BCUT2D eigenvalue weighted by molar-refractivity contribution is -0.136. The van der Waals surface area contributed by atoms with Gasteiger partial charge >= 0.3 is 0 Å². The third-order valence-electron chi connectivity index (χ3n) is 5.16. The zero-order valence-electron chi connectivity index (χ0n) is 14.5. The van der Waals surface area contributed by atoms with E-state index in [9.17, 15) is 9.59 Å². The molecule has 3 heterocycles. The zero-order chi connectivity index (χ0) is 18.1. The Morgan fingerprint density at radius 3 is 2.85 bits per heavy atom. The molecule has 1 fully saturated rings. The molecule has 1 atom stereocenters. The van der Waals surface area contributed by atoms with Gasteiger partial charge in [0.05, 0.1) is 18.7 Å². The fraction of sp³-hybridized carbons (Fsp3) is 0.444. The number of hydrogen-bond acceptors (Lipinski definition) is 6. The molecule has 2 aliphatic rings. The summed E-state index contributed by atoms with van der Waals surface area (Å²) in [6.07, 6.45) is 3.06. The van der Waals surface area contributed by atoms with Crippen LogP contribution in [-0.2, 0) is 9.59 Å². The number of fused-ring (bicyclic) bond motifs is 1. The lowest BCUT2D eigenvalue weighted by atomic mass is 9.87. The minimum atomic E-state index is -0.476. The average molecular weight is 356 g/mol. The number of likely N-dealkylation sites (tertiary alicyclic amines) is 1. The minimum Gasteiger partial charge on any atom is -0.495 e. The van der Waals surface area contributed by atoms with Gasteiger partial charge in [0.25, 0.3) is 0 Å². The number of ether oxygens (including phenoxy) is 1. The Hall–Kier alpha value is -2.90. The van der Waals surface area contributed by atoms with Gasteiger partial charge < -0.3 is 19.5 Å². The van der Waals surface area contributed by atoms with E-state index in [1.54, 1.807) is 13.2 Å². The molecule has 136 valence electrons. The number of nitrogens with one attached hydrogen (secondary N) is 1.